The topological polar surface area (TPSA) is 63.1 Å². The molecule has 1 aliphatic rings. The molecule has 194 valence electrons. The van der Waals surface area contributed by atoms with Gasteiger partial charge < -0.3 is 10.2 Å². The number of amides is 1. The van der Waals surface area contributed by atoms with Gasteiger partial charge in [0.1, 0.15) is 0 Å². The van der Waals surface area contributed by atoms with Gasteiger partial charge in [-0.15, -0.1) is 11.3 Å². The number of carbonyl (C=O) groups excluding carboxylic acids is 1. The van der Waals surface area contributed by atoms with E-state index in [4.69, 9.17) is 0 Å². The van der Waals surface area contributed by atoms with Gasteiger partial charge in [0, 0.05) is 17.5 Å². The van der Waals surface area contributed by atoms with Crippen LogP contribution in [0.15, 0.2) is 35.3 Å². The molecule has 1 saturated heterocycles. The molecule has 1 fully saturated rings. The largest absolute Gasteiger partial charge is 0.434 e. The number of benzene rings is 1. The number of aromatic nitrogens is 3. The highest BCUT2D eigenvalue weighted by molar-refractivity contribution is 7.07. The van der Waals surface area contributed by atoms with Crippen LogP contribution in [0.2, 0.25) is 0 Å². The fourth-order valence-corrected chi connectivity index (χ4v) is 4.84. The molecule has 36 heavy (non-hydrogen) atoms. The number of nitrogens with one attached hydrogen (secondary N) is 1. The highest BCUT2D eigenvalue weighted by Gasteiger charge is 2.43. The van der Waals surface area contributed by atoms with Crippen molar-refractivity contribution in [2.45, 2.75) is 38.0 Å². The molecule has 1 aliphatic heterocycles. The summed E-state index contributed by atoms with van der Waals surface area (Å²) in [5, 5.41) is 7.50. The summed E-state index contributed by atoms with van der Waals surface area (Å²) in [6.45, 7) is 2.71. The fourth-order valence-electron chi connectivity index (χ4n) is 4.29. The lowest BCUT2D eigenvalue weighted by Crippen LogP contribution is -2.33. The number of hydrogen-bond donors (Lipinski definition) is 1. The first-order chi connectivity index (χ1) is 17.1. The van der Waals surface area contributed by atoms with E-state index in [0.29, 0.717) is 25.2 Å². The molecule has 0 spiro atoms. The van der Waals surface area contributed by atoms with E-state index in [1.54, 1.807) is 0 Å². The molecule has 0 saturated carbocycles. The van der Waals surface area contributed by atoms with Crippen LogP contribution in [0.1, 0.15) is 47.3 Å². The second-order valence-corrected chi connectivity index (χ2v) is 9.12. The minimum Gasteiger partial charge on any atom is -0.352 e. The third-order valence-corrected chi connectivity index (χ3v) is 6.52. The van der Waals surface area contributed by atoms with Crippen molar-refractivity contribution in [1.29, 1.82) is 0 Å². The lowest BCUT2D eigenvalue weighted by atomic mass is 10.0. The zero-order valence-corrected chi connectivity index (χ0v) is 19.8. The van der Waals surface area contributed by atoms with Gasteiger partial charge in [0.15, 0.2) is 5.69 Å². The zero-order chi connectivity index (χ0) is 25.9. The minimum atomic E-state index is -5.16. The number of halogens is 6. The summed E-state index contributed by atoms with van der Waals surface area (Å²) in [5.41, 5.74) is -3.36. The number of rotatable bonds is 7. The van der Waals surface area contributed by atoms with Gasteiger partial charge in [-0.25, -0.2) is 9.67 Å². The van der Waals surface area contributed by atoms with Crippen LogP contribution in [0, 0.1) is 0 Å². The van der Waals surface area contributed by atoms with Crippen LogP contribution in [-0.2, 0) is 12.4 Å². The Morgan fingerprint density at radius 1 is 1.06 bits per heavy atom. The Bertz CT molecular complexity index is 1180. The van der Waals surface area contributed by atoms with Crippen molar-refractivity contribution in [3.05, 3.63) is 52.1 Å². The molecule has 3 aromatic rings. The lowest BCUT2D eigenvalue weighted by molar-refractivity contribution is -0.145. The third-order valence-electron chi connectivity index (χ3n) is 5.93. The van der Waals surface area contributed by atoms with E-state index >= 15 is 0 Å². The SMILES string of the molecule is O=C(NCCCN1CCCCC1)c1cnn(-c2c(-c3cscn3)cccc2C(F)(F)F)c1C(F)(F)F. The third kappa shape index (κ3) is 5.72. The Kier molecular flexibility index (Phi) is 7.69. The summed E-state index contributed by atoms with van der Waals surface area (Å²) < 4.78 is 84.3. The lowest BCUT2D eigenvalue weighted by Gasteiger charge is -2.26. The molecule has 4 rings (SSSR count). The first kappa shape index (κ1) is 26.1. The Balaban J connectivity index is 1.68. The number of nitrogens with zero attached hydrogens (tertiary/aromatic N) is 4. The van der Waals surface area contributed by atoms with E-state index < -0.39 is 40.8 Å². The molecule has 0 bridgehead atoms. The minimum absolute atomic E-state index is 0.0634. The molecule has 13 heteroatoms. The molecule has 1 amide bonds. The van der Waals surface area contributed by atoms with E-state index in [-0.39, 0.29) is 22.5 Å². The van der Waals surface area contributed by atoms with Crippen LogP contribution in [0.5, 0.6) is 0 Å². The van der Waals surface area contributed by atoms with E-state index in [1.807, 2.05) is 0 Å². The number of thiazole rings is 1. The summed E-state index contributed by atoms with van der Waals surface area (Å²) in [7, 11) is 0. The Morgan fingerprint density at radius 2 is 1.81 bits per heavy atom. The van der Waals surface area contributed by atoms with Gasteiger partial charge in [-0.05, 0) is 45.0 Å². The maximum atomic E-state index is 14.2. The van der Waals surface area contributed by atoms with E-state index in [1.165, 1.54) is 23.4 Å². The maximum Gasteiger partial charge on any atom is 0.434 e. The number of likely N-dealkylation sites (tertiary alicyclic amines) is 1. The Hall–Kier alpha value is -2.93. The fraction of sp³-hybridized carbons (Fsp3) is 0.435. The van der Waals surface area contributed by atoms with Gasteiger partial charge in [-0.1, -0.05) is 18.6 Å². The van der Waals surface area contributed by atoms with Gasteiger partial charge in [0.05, 0.1) is 34.2 Å². The van der Waals surface area contributed by atoms with Crippen LogP contribution in [0.25, 0.3) is 16.9 Å². The Labute approximate surface area is 206 Å². The summed E-state index contributed by atoms with van der Waals surface area (Å²) in [6.07, 6.45) is -5.61. The van der Waals surface area contributed by atoms with Crippen LogP contribution < -0.4 is 5.32 Å². The van der Waals surface area contributed by atoms with E-state index in [0.717, 1.165) is 43.3 Å². The summed E-state index contributed by atoms with van der Waals surface area (Å²) in [4.78, 5) is 18.9. The van der Waals surface area contributed by atoms with Crippen molar-refractivity contribution >= 4 is 17.2 Å². The molecule has 1 aromatic carbocycles. The molecule has 0 unspecified atom stereocenters. The van der Waals surface area contributed by atoms with Gasteiger partial charge in [-0.2, -0.15) is 31.4 Å². The summed E-state index contributed by atoms with van der Waals surface area (Å²) >= 11 is 1.08. The average Bonchev–Trinajstić information content (AvgIpc) is 3.51. The van der Waals surface area contributed by atoms with Crippen LogP contribution in [-0.4, -0.2) is 51.8 Å². The standard InChI is InChI=1S/C23H23F6N5OS/c24-22(25,26)17-7-4-6-15(18-13-36-14-31-18)19(17)34-20(23(27,28)29)16(12-32-34)21(35)30-8-5-11-33-9-2-1-3-10-33/h4,6-7,12-14H,1-3,5,8-11H2,(H,30,35). The van der Waals surface area contributed by atoms with Crippen LogP contribution >= 0.6 is 11.3 Å². The van der Waals surface area contributed by atoms with Crippen LogP contribution in [0.3, 0.4) is 0 Å². The Morgan fingerprint density at radius 3 is 2.44 bits per heavy atom. The van der Waals surface area contributed by atoms with Crippen molar-refractivity contribution < 1.29 is 31.1 Å². The van der Waals surface area contributed by atoms with E-state index in [9.17, 15) is 31.1 Å². The normalized spacial score (nSPS) is 15.3. The molecule has 1 N–H and O–H groups in total. The molecule has 0 aliphatic carbocycles. The number of para-hydroxylation sites is 1. The second kappa shape index (κ2) is 10.6. The number of piperidine rings is 1. The van der Waals surface area contributed by atoms with Gasteiger partial charge in [-0.3, -0.25) is 4.79 Å². The first-order valence-electron chi connectivity index (χ1n) is 11.3. The quantitative estimate of drug-likeness (QED) is 0.317. The highest BCUT2D eigenvalue weighted by Crippen LogP contribution is 2.42. The second-order valence-electron chi connectivity index (χ2n) is 8.40. The van der Waals surface area contributed by atoms with Gasteiger partial charge in [0.2, 0.25) is 0 Å². The van der Waals surface area contributed by atoms with Crippen LogP contribution in [0.4, 0.5) is 26.3 Å². The van der Waals surface area contributed by atoms with E-state index in [2.05, 4.69) is 20.3 Å². The first-order valence-corrected chi connectivity index (χ1v) is 12.3. The molecule has 0 radical (unpaired) electrons. The number of alkyl halides is 6. The molecule has 6 nitrogen and oxygen atoms in total. The summed E-state index contributed by atoms with van der Waals surface area (Å²) in [5.74, 6) is -1.05. The smallest absolute Gasteiger partial charge is 0.352 e. The predicted molar refractivity (Wildman–Crippen MR) is 122 cm³/mol. The predicted octanol–water partition coefficient (Wildman–Crippen LogP) is 5.64. The van der Waals surface area contributed by atoms with Crippen molar-refractivity contribution in [2.24, 2.45) is 0 Å². The zero-order valence-electron chi connectivity index (χ0n) is 19.0. The monoisotopic (exact) mass is 531 g/mol. The average molecular weight is 532 g/mol. The summed E-state index contributed by atoms with van der Waals surface area (Å²) in [6, 6.07) is 3.00. The van der Waals surface area contributed by atoms with Crippen molar-refractivity contribution in [3.63, 3.8) is 0 Å². The number of carbonyl (C=O) groups is 1. The highest BCUT2D eigenvalue weighted by atomic mass is 32.1. The molecule has 2 aromatic heterocycles. The molecular formula is C23H23F6N5OS. The van der Waals surface area contributed by atoms with Gasteiger partial charge >= 0.3 is 12.4 Å². The van der Waals surface area contributed by atoms with Crippen molar-refractivity contribution in [2.75, 3.05) is 26.2 Å². The molecular weight excluding hydrogens is 508 g/mol. The molecule has 0 atom stereocenters. The van der Waals surface area contributed by atoms with Crippen molar-refractivity contribution in [3.8, 4) is 16.9 Å². The molecule has 3 heterocycles. The van der Waals surface area contributed by atoms with Crippen molar-refractivity contribution in [1.82, 2.24) is 25.0 Å². The van der Waals surface area contributed by atoms with Gasteiger partial charge in [0.25, 0.3) is 5.91 Å². The maximum absolute atomic E-state index is 14.2. The number of hydrogen-bond acceptors (Lipinski definition) is 5.